The number of nitrogens with zero attached hydrogens (tertiary/aromatic N) is 3. The smallest absolute Gasteiger partial charge is 0.298 e. The number of likely N-dealkylation sites (N-methyl/N-ethyl adjacent to an activating group) is 1. The van der Waals surface area contributed by atoms with Crippen LogP contribution in [-0.2, 0) is 30.5 Å². The number of nitrogens with one attached hydrogen (secondary N) is 1. The molecule has 1 aromatic carbocycles. The van der Waals surface area contributed by atoms with Crippen molar-refractivity contribution in [2.24, 2.45) is 10.9 Å². The van der Waals surface area contributed by atoms with Gasteiger partial charge >= 0.3 is 0 Å². The van der Waals surface area contributed by atoms with Gasteiger partial charge in [0.05, 0.1) is 5.92 Å². The van der Waals surface area contributed by atoms with E-state index in [9.17, 15) is 28.4 Å². The molecule has 1 unspecified atom stereocenters. The van der Waals surface area contributed by atoms with Crippen molar-refractivity contribution in [2.75, 3.05) is 20.6 Å². The summed E-state index contributed by atoms with van der Waals surface area (Å²) in [6.45, 7) is 0.195. The second-order valence-corrected chi connectivity index (χ2v) is 7.67. The molecule has 0 radical (unpaired) electrons. The van der Waals surface area contributed by atoms with Crippen LogP contribution in [-0.4, -0.2) is 71.6 Å². The highest BCUT2D eigenvalue weighted by atomic mass is 19.1. The summed E-state index contributed by atoms with van der Waals surface area (Å²) in [7, 11) is 2.88. The van der Waals surface area contributed by atoms with Crippen LogP contribution in [0.5, 0.6) is 0 Å². The van der Waals surface area contributed by atoms with Crippen molar-refractivity contribution >= 4 is 35.1 Å². The van der Waals surface area contributed by atoms with Crippen molar-refractivity contribution in [3.63, 3.8) is 0 Å². The zero-order valence-electron chi connectivity index (χ0n) is 17.3. The average molecular weight is 430 g/mol. The number of benzene rings is 1. The van der Waals surface area contributed by atoms with Crippen molar-refractivity contribution < 1.29 is 28.4 Å². The molecule has 1 aromatic rings. The van der Waals surface area contributed by atoms with Crippen LogP contribution in [0.4, 0.5) is 4.39 Å². The van der Waals surface area contributed by atoms with E-state index < -0.39 is 47.1 Å². The van der Waals surface area contributed by atoms with Gasteiger partial charge in [0, 0.05) is 27.2 Å². The lowest BCUT2D eigenvalue weighted by Gasteiger charge is -2.31. The number of rotatable bonds is 5. The Balaban J connectivity index is 1.86. The van der Waals surface area contributed by atoms with Crippen LogP contribution in [0.25, 0.3) is 0 Å². The monoisotopic (exact) mass is 430 g/mol. The maximum Gasteiger partial charge on any atom is 0.298 e. The zero-order chi connectivity index (χ0) is 22.7. The molecule has 2 atom stereocenters. The molecule has 3 amide bonds. The molecule has 1 fully saturated rings. The lowest BCUT2D eigenvalue weighted by molar-refractivity contribution is -0.146. The molecule has 1 saturated heterocycles. The average Bonchev–Trinajstić information content (AvgIpc) is 2.97. The SMILES string of the molecule is CN(C)C(=O)C(=O)[C@@H]1CCCCN2C(=O)C(=O)C(C(=O)NCc3ccc(F)cc3)N=C12. The first kappa shape index (κ1) is 22.3. The van der Waals surface area contributed by atoms with E-state index in [-0.39, 0.29) is 18.9 Å². The highest BCUT2D eigenvalue weighted by molar-refractivity contribution is 6.48. The highest BCUT2D eigenvalue weighted by Gasteiger charge is 2.46. The van der Waals surface area contributed by atoms with Crippen LogP contribution in [0.2, 0.25) is 0 Å². The molecule has 0 aromatic heterocycles. The molecule has 2 heterocycles. The van der Waals surface area contributed by atoms with Crippen LogP contribution in [0, 0.1) is 11.7 Å². The minimum Gasteiger partial charge on any atom is -0.350 e. The first-order valence-corrected chi connectivity index (χ1v) is 9.91. The van der Waals surface area contributed by atoms with Crippen molar-refractivity contribution in [3.8, 4) is 0 Å². The number of amidine groups is 1. The molecular weight excluding hydrogens is 407 g/mol. The van der Waals surface area contributed by atoms with Crippen LogP contribution >= 0.6 is 0 Å². The molecule has 0 spiro atoms. The molecule has 10 heteroatoms. The summed E-state index contributed by atoms with van der Waals surface area (Å²) in [5.74, 6) is -5.61. The topological polar surface area (TPSA) is 116 Å². The van der Waals surface area contributed by atoms with Gasteiger partial charge in [0.15, 0.2) is 6.04 Å². The Kier molecular flexibility index (Phi) is 6.57. The molecule has 2 aliphatic heterocycles. The lowest BCUT2D eigenvalue weighted by atomic mass is 9.94. The Bertz CT molecular complexity index is 957. The van der Waals surface area contributed by atoms with Gasteiger partial charge in [-0.25, -0.2) is 9.38 Å². The van der Waals surface area contributed by atoms with Gasteiger partial charge in [0.2, 0.25) is 5.78 Å². The second-order valence-electron chi connectivity index (χ2n) is 7.67. The third-order valence-corrected chi connectivity index (χ3v) is 5.24. The maximum atomic E-state index is 13.0. The number of carbonyl (C=O) groups excluding carboxylic acids is 5. The van der Waals surface area contributed by atoms with Gasteiger partial charge in [0.1, 0.15) is 11.7 Å². The lowest BCUT2D eigenvalue weighted by Crippen LogP contribution is -2.56. The first-order valence-electron chi connectivity index (χ1n) is 9.91. The van der Waals surface area contributed by atoms with Crippen LogP contribution in [0.1, 0.15) is 24.8 Å². The fourth-order valence-electron chi connectivity index (χ4n) is 3.54. The number of aliphatic imine (C=N–C) groups is 1. The largest absolute Gasteiger partial charge is 0.350 e. The molecule has 164 valence electrons. The number of hydrogen-bond donors (Lipinski definition) is 1. The van der Waals surface area contributed by atoms with Crippen molar-refractivity contribution in [1.82, 2.24) is 15.1 Å². The fraction of sp³-hybridized carbons (Fsp3) is 0.429. The van der Waals surface area contributed by atoms with Crippen LogP contribution in [0.15, 0.2) is 29.3 Å². The van der Waals surface area contributed by atoms with E-state index in [1.807, 2.05) is 0 Å². The minimum atomic E-state index is -1.64. The summed E-state index contributed by atoms with van der Waals surface area (Å²) in [5, 5.41) is 2.52. The minimum absolute atomic E-state index is 0.00707. The Morgan fingerprint density at radius 2 is 1.84 bits per heavy atom. The molecular formula is C21H23FN4O5. The van der Waals surface area contributed by atoms with E-state index in [4.69, 9.17) is 0 Å². The van der Waals surface area contributed by atoms with Crippen molar-refractivity contribution in [2.45, 2.75) is 31.8 Å². The van der Waals surface area contributed by atoms with Crippen LogP contribution in [0.3, 0.4) is 0 Å². The van der Waals surface area contributed by atoms with Crippen molar-refractivity contribution in [3.05, 3.63) is 35.6 Å². The van der Waals surface area contributed by atoms with Crippen molar-refractivity contribution in [1.29, 1.82) is 0 Å². The number of ketones is 2. The van der Waals surface area contributed by atoms with Gasteiger partial charge in [-0.2, -0.15) is 0 Å². The quantitative estimate of drug-likeness (QED) is 0.525. The molecule has 1 N–H and O–H groups in total. The van der Waals surface area contributed by atoms with E-state index in [0.717, 1.165) is 9.80 Å². The number of fused-ring (bicyclic) bond motifs is 1. The first-order chi connectivity index (χ1) is 14.7. The summed E-state index contributed by atoms with van der Waals surface area (Å²) >= 11 is 0. The normalized spacial score (nSPS) is 21.0. The molecule has 0 bridgehead atoms. The maximum absolute atomic E-state index is 13.0. The predicted octanol–water partition coefficient (Wildman–Crippen LogP) is 0.0777. The summed E-state index contributed by atoms with van der Waals surface area (Å²) in [6.07, 6.45) is 1.40. The third-order valence-electron chi connectivity index (χ3n) is 5.24. The van der Waals surface area contributed by atoms with Gasteiger partial charge in [-0.1, -0.05) is 18.6 Å². The number of halogens is 1. The van der Waals surface area contributed by atoms with Gasteiger partial charge in [0.25, 0.3) is 23.5 Å². The Hall–Kier alpha value is -3.43. The predicted molar refractivity (Wildman–Crippen MR) is 107 cm³/mol. The number of carbonyl (C=O) groups is 5. The van der Waals surface area contributed by atoms with E-state index in [2.05, 4.69) is 10.3 Å². The van der Waals surface area contributed by atoms with Gasteiger partial charge in [-0.15, -0.1) is 0 Å². The van der Waals surface area contributed by atoms with Gasteiger partial charge in [-0.3, -0.25) is 28.9 Å². The Labute approximate surface area is 178 Å². The molecule has 31 heavy (non-hydrogen) atoms. The fourth-order valence-corrected chi connectivity index (χ4v) is 3.54. The number of amides is 3. The highest BCUT2D eigenvalue weighted by Crippen LogP contribution is 2.25. The molecule has 0 saturated carbocycles. The third kappa shape index (κ3) is 4.68. The number of hydrogen-bond acceptors (Lipinski definition) is 6. The van der Waals surface area contributed by atoms with Gasteiger partial charge in [-0.05, 0) is 30.5 Å². The summed E-state index contributed by atoms with van der Waals surface area (Å²) in [4.78, 5) is 69.2. The zero-order valence-corrected chi connectivity index (χ0v) is 17.3. The molecule has 2 aliphatic rings. The van der Waals surface area contributed by atoms with Crippen LogP contribution < -0.4 is 5.32 Å². The Morgan fingerprint density at radius 1 is 1.16 bits per heavy atom. The molecule has 0 aliphatic carbocycles. The molecule has 3 rings (SSSR count). The van der Waals surface area contributed by atoms with E-state index in [1.54, 1.807) is 0 Å². The van der Waals surface area contributed by atoms with Gasteiger partial charge < -0.3 is 10.2 Å². The summed E-state index contributed by atoms with van der Waals surface area (Å²) in [5.41, 5.74) is 0.595. The van der Waals surface area contributed by atoms with E-state index in [0.29, 0.717) is 24.8 Å². The second kappa shape index (κ2) is 9.15. The van der Waals surface area contributed by atoms with E-state index >= 15 is 0 Å². The molecule has 9 nitrogen and oxygen atoms in total. The number of Topliss-reactive ketones (excluding diaryl/α,β-unsaturated/α-hetero) is 2. The summed E-state index contributed by atoms with van der Waals surface area (Å²) < 4.78 is 13.0. The Morgan fingerprint density at radius 3 is 2.48 bits per heavy atom. The van der Waals surface area contributed by atoms with E-state index in [1.165, 1.54) is 38.4 Å². The summed E-state index contributed by atoms with van der Waals surface area (Å²) in [6, 6.07) is 3.78. The standard InChI is InChI=1S/C21H23FN4O5/c1-25(2)20(30)16(27)14-5-3-4-10-26-18(14)24-15(17(28)21(26)31)19(29)23-11-12-6-8-13(22)9-7-12/h6-9,14-15H,3-5,10-11H2,1-2H3,(H,23,29)/t14-,15?/m0/s1.